The molecule has 4 rings (SSSR count). The number of nitrogens with zero attached hydrogens (tertiary/aromatic N) is 4. The molecule has 1 fully saturated rings. The molecule has 7 nitrogen and oxygen atoms in total. The first-order valence-electron chi connectivity index (χ1n) is 9.85. The van der Waals surface area contributed by atoms with Crippen molar-refractivity contribution in [2.75, 3.05) is 31.1 Å². The van der Waals surface area contributed by atoms with Gasteiger partial charge < -0.3 is 20.3 Å². The van der Waals surface area contributed by atoms with E-state index in [1.165, 1.54) is 0 Å². The van der Waals surface area contributed by atoms with Crippen LogP contribution in [0, 0.1) is 0 Å². The van der Waals surface area contributed by atoms with Crippen LogP contribution < -0.4 is 15.4 Å². The lowest BCUT2D eigenvalue weighted by atomic mass is 10.0. The van der Waals surface area contributed by atoms with Gasteiger partial charge in [0.25, 0.3) is 0 Å². The Kier molecular flexibility index (Phi) is 5.49. The molecule has 3 aromatic rings. The van der Waals surface area contributed by atoms with E-state index in [0.717, 1.165) is 16.6 Å². The summed E-state index contributed by atoms with van der Waals surface area (Å²) in [5, 5.41) is 11.3. The van der Waals surface area contributed by atoms with Crippen LogP contribution in [0.15, 0.2) is 48.5 Å². The molecule has 0 bridgehead atoms. The van der Waals surface area contributed by atoms with Crippen LogP contribution in [0.4, 0.5) is 5.82 Å². The Morgan fingerprint density at radius 1 is 1.00 bits per heavy atom. The van der Waals surface area contributed by atoms with E-state index in [1.54, 1.807) is 38.1 Å². The van der Waals surface area contributed by atoms with E-state index in [9.17, 15) is 4.79 Å². The largest absolute Gasteiger partial charge is 0.437 e. The van der Waals surface area contributed by atoms with Gasteiger partial charge >= 0.3 is 0 Å². The first-order valence-corrected chi connectivity index (χ1v) is 10.2. The lowest BCUT2D eigenvalue weighted by Crippen LogP contribution is -2.57. The Bertz CT molecular complexity index is 1060. The number of amides is 1. The van der Waals surface area contributed by atoms with Crippen molar-refractivity contribution >= 4 is 34.1 Å². The van der Waals surface area contributed by atoms with Crippen LogP contribution in [0.1, 0.15) is 13.8 Å². The van der Waals surface area contributed by atoms with Crippen LogP contribution >= 0.6 is 11.6 Å². The Hall–Kier alpha value is -2.90. The fourth-order valence-electron chi connectivity index (χ4n) is 3.52. The Balaban J connectivity index is 1.58. The van der Waals surface area contributed by atoms with Crippen LogP contribution in [-0.2, 0) is 4.79 Å². The molecular formula is C22H24ClN5O2. The number of piperazine rings is 1. The van der Waals surface area contributed by atoms with Gasteiger partial charge in [0.15, 0.2) is 5.82 Å². The third-order valence-electron chi connectivity index (χ3n) is 5.08. The van der Waals surface area contributed by atoms with Gasteiger partial charge in [-0.2, -0.15) is 0 Å². The van der Waals surface area contributed by atoms with Crippen LogP contribution in [0.2, 0.25) is 5.02 Å². The molecule has 8 heteroatoms. The van der Waals surface area contributed by atoms with E-state index in [2.05, 4.69) is 15.1 Å². The SMILES string of the molecule is CC(C)(N)C(=O)N1CCN(c2nnc(Oc3ccc(Cl)cc3)c3ccccc23)CC1. The maximum Gasteiger partial charge on any atom is 0.246 e. The number of nitrogens with two attached hydrogens (primary N) is 1. The number of carbonyl (C=O) groups is 1. The lowest BCUT2D eigenvalue weighted by molar-refractivity contribution is -0.136. The van der Waals surface area contributed by atoms with Crippen molar-refractivity contribution < 1.29 is 9.53 Å². The summed E-state index contributed by atoms with van der Waals surface area (Å²) in [6.07, 6.45) is 0. The highest BCUT2D eigenvalue weighted by atomic mass is 35.5. The predicted octanol–water partition coefficient (Wildman–Crippen LogP) is 3.46. The smallest absolute Gasteiger partial charge is 0.246 e. The summed E-state index contributed by atoms with van der Waals surface area (Å²) in [7, 11) is 0. The molecule has 1 aliphatic rings. The van der Waals surface area contributed by atoms with Gasteiger partial charge in [-0.3, -0.25) is 4.79 Å². The zero-order chi connectivity index (χ0) is 21.3. The average molecular weight is 426 g/mol. The van der Waals surface area contributed by atoms with Crippen molar-refractivity contribution in [2.24, 2.45) is 5.73 Å². The Labute approximate surface area is 180 Å². The van der Waals surface area contributed by atoms with Gasteiger partial charge in [-0.25, -0.2) is 0 Å². The molecule has 0 radical (unpaired) electrons. The lowest BCUT2D eigenvalue weighted by Gasteiger charge is -2.38. The summed E-state index contributed by atoms with van der Waals surface area (Å²) in [4.78, 5) is 16.4. The number of benzene rings is 2. The molecule has 2 heterocycles. The van der Waals surface area contributed by atoms with E-state index in [-0.39, 0.29) is 5.91 Å². The maximum atomic E-state index is 12.4. The minimum atomic E-state index is -0.866. The monoisotopic (exact) mass is 425 g/mol. The first kappa shape index (κ1) is 20.4. The summed E-state index contributed by atoms with van der Waals surface area (Å²) in [5.74, 6) is 1.83. The molecular weight excluding hydrogens is 402 g/mol. The number of halogens is 1. The zero-order valence-electron chi connectivity index (χ0n) is 17.0. The molecule has 2 N–H and O–H groups in total. The van der Waals surface area contributed by atoms with Crippen molar-refractivity contribution in [3.05, 3.63) is 53.6 Å². The highest BCUT2D eigenvalue weighted by molar-refractivity contribution is 6.30. The molecule has 30 heavy (non-hydrogen) atoms. The second-order valence-corrected chi connectivity index (χ2v) is 8.37. The van der Waals surface area contributed by atoms with Crippen molar-refractivity contribution in [1.29, 1.82) is 0 Å². The number of hydrogen-bond donors (Lipinski definition) is 1. The molecule has 0 atom stereocenters. The van der Waals surface area contributed by atoms with Gasteiger partial charge in [0.2, 0.25) is 11.8 Å². The molecule has 0 unspecified atom stereocenters. The van der Waals surface area contributed by atoms with Gasteiger partial charge in [0, 0.05) is 42.0 Å². The highest BCUT2D eigenvalue weighted by Crippen LogP contribution is 2.33. The third-order valence-corrected chi connectivity index (χ3v) is 5.33. The normalized spacial score (nSPS) is 14.8. The molecule has 1 aliphatic heterocycles. The number of hydrogen-bond acceptors (Lipinski definition) is 6. The van der Waals surface area contributed by atoms with Gasteiger partial charge in [0.1, 0.15) is 5.75 Å². The van der Waals surface area contributed by atoms with Crippen LogP contribution in [-0.4, -0.2) is 52.7 Å². The molecule has 2 aromatic carbocycles. The number of fused-ring (bicyclic) bond motifs is 1. The second kappa shape index (κ2) is 8.08. The standard InChI is InChI=1S/C22H24ClN5O2/c1-22(2,24)21(29)28-13-11-27(12-14-28)19-17-5-3-4-6-18(17)20(26-25-19)30-16-9-7-15(23)8-10-16/h3-10H,11-14,24H2,1-2H3. The van der Waals surface area contributed by atoms with Crippen LogP contribution in [0.3, 0.4) is 0 Å². The topological polar surface area (TPSA) is 84.6 Å². The van der Waals surface area contributed by atoms with E-state index in [4.69, 9.17) is 22.1 Å². The van der Waals surface area contributed by atoms with Crippen LogP contribution in [0.25, 0.3) is 10.8 Å². The number of aromatic nitrogens is 2. The number of rotatable bonds is 4. The van der Waals surface area contributed by atoms with E-state index in [0.29, 0.717) is 42.8 Å². The van der Waals surface area contributed by atoms with Gasteiger partial charge in [-0.1, -0.05) is 29.8 Å². The fourth-order valence-corrected chi connectivity index (χ4v) is 3.64. The predicted molar refractivity (Wildman–Crippen MR) is 118 cm³/mol. The van der Waals surface area contributed by atoms with Gasteiger partial charge in [0.05, 0.1) is 5.54 Å². The molecule has 0 saturated carbocycles. The van der Waals surface area contributed by atoms with Crippen molar-refractivity contribution in [2.45, 2.75) is 19.4 Å². The van der Waals surface area contributed by atoms with E-state index >= 15 is 0 Å². The molecule has 1 amide bonds. The van der Waals surface area contributed by atoms with Crippen molar-refractivity contribution in [3.63, 3.8) is 0 Å². The van der Waals surface area contributed by atoms with Crippen molar-refractivity contribution in [1.82, 2.24) is 15.1 Å². The zero-order valence-corrected chi connectivity index (χ0v) is 17.8. The molecule has 1 saturated heterocycles. The second-order valence-electron chi connectivity index (χ2n) is 7.93. The minimum Gasteiger partial charge on any atom is -0.437 e. The third kappa shape index (κ3) is 4.17. The summed E-state index contributed by atoms with van der Waals surface area (Å²) in [6, 6.07) is 15.0. The Morgan fingerprint density at radius 3 is 2.27 bits per heavy atom. The Morgan fingerprint density at radius 2 is 1.63 bits per heavy atom. The number of ether oxygens (including phenoxy) is 1. The maximum absolute atomic E-state index is 12.4. The number of anilines is 1. The summed E-state index contributed by atoms with van der Waals surface area (Å²) < 4.78 is 5.96. The molecule has 1 aromatic heterocycles. The average Bonchev–Trinajstić information content (AvgIpc) is 2.74. The molecule has 156 valence electrons. The summed E-state index contributed by atoms with van der Waals surface area (Å²) in [6.45, 7) is 5.99. The first-order chi connectivity index (χ1) is 14.3. The van der Waals surface area contributed by atoms with E-state index in [1.807, 2.05) is 29.2 Å². The summed E-state index contributed by atoms with van der Waals surface area (Å²) in [5.41, 5.74) is 5.10. The summed E-state index contributed by atoms with van der Waals surface area (Å²) >= 11 is 5.95. The van der Waals surface area contributed by atoms with Crippen molar-refractivity contribution in [3.8, 4) is 11.6 Å². The van der Waals surface area contributed by atoms with Gasteiger partial charge in [-0.15, -0.1) is 10.2 Å². The minimum absolute atomic E-state index is 0.0372. The molecule has 0 spiro atoms. The van der Waals surface area contributed by atoms with Gasteiger partial charge in [-0.05, 0) is 44.2 Å². The number of carbonyl (C=O) groups excluding carboxylic acids is 1. The van der Waals surface area contributed by atoms with E-state index < -0.39 is 5.54 Å². The fraction of sp³-hybridized carbons (Fsp3) is 0.318. The van der Waals surface area contributed by atoms with Crippen LogP contribution in [0.5, 0.6) is 11.6 Å². The highest BCUT2D eigenvalue weighted by Gasteiger charge is 2.31. The quantitative estimate of drug-likeness (QED) is 0.689. The molecule has 0 aliphatic carbocycles.